The van der Waals surface area contributed by atoms with E-state index in [-0.39, 0.29) is 23.2 Å². The number of phenols is 1. The van der Waals surface area contributed by atoms with Crippen molar-refractivity contribution in [2.24, 2.45) is 7.05 Å². The van der Waals surface area contributed by atoms with Gasteiger partial charge in [-0.2, -0.15) is 13.2 Å². The maximum absolute atomic E-state index is 12.7. The molecule has 0 amide bonds. The molecule has 0 spiro atoms. The number of benzene rings is 1. The van der Waals surface area contributed by atoms with Crippen molar-refractivity contribution in [3.05, 3.63) is 34.1 Å². The summed E-state index contributed by atoms with van der Waals surface area (Å²) in [6, 6.07) is 2.29. The lowest BCUT2D eigenvalue weighted by atomic mass is 9.77. The first kappa shape index (κ1) is 18.2. The molecule has 1 aromatic heterocycles. The van der Waals surface area contributed by atoms with Crippen molar-refractivity contribution in [1.29, 1.82) is 0 Å². The van der Waals surface area contributed by atoms with E-state index in [1.54, 1.807) is 6.92 Å². The van der Waals surface area contributed by atoms with E-state index in [1.807, 2.05) is 0 Å². The average molecular weight is 370 g/mol. The van der Waals surface area contributed by atoms with Crippen LogP contribution in [0.1, 0.15) is 25.3 Å². The standard InChI is InChI=1S/C16H17F3N4O3/c1-15(26)6-9(7-15)20-12-14(25)23(2)13(22-21-12)10-4-3-8(5-11(10)24)16(17,18)19/h3-5,9,24,26H,6-7H2,1-2H3,(H,20,21). The monoisotopic (exact) mass is 370 g/mol. The van der Waals surface area contributed by atoms with Crippen LogP contribution in [0, 0.1) is 0 Å². The van der Waals surface area contributed by atoms with Gasteiger partial charge in [0.05, 0.1) is 16.7 Å². The Morgan fingerprint density at radius 2 is 1.96 bits per heavy atom. The number of aromatic nitrogens is 3. The summed E-state index contributed by atoms with van der Waals surface area (Å²) in [6.07, 6.45) is -3.68. The minimum absolute atomic E-state index is 0.0249. The highest BCUT2D eigenvalue weighted by atomic mass is 19.4. The molecule has 1 aliphatic rings. The fraction of sp³-hybridized carbons (Fsp3) is 0.438. The molecule has 1 aliphatic carbocycles. The van der Waals surface area contributed by atoms with Crippen LogP contribution in [0.15, 0.2) is 23.0 Å². The number of halogens is 3. The molecular formula is C16H17F3N4O3. The van der Waals surface area contributed by atoms with Gasteiger partial charge >= 0.3 is 6.18 Å². The Morgan fingerprint density at radius 3 is 2.50 bits per heavy atom. The van der Waals surface area contributed by atoms with E-state index in [1.165, 1.54) is 7.05 Å². The van der Waals surface area contributed by atoms with Gasteiger partial charge in [-0.25, -0.2) is 0 Å². The number of anilines is 1. The van der Waals surface area contributed by atoms with E-state index in [2.05, 4.69) is 15.5 Å². The van der Waals surface area contributed by atoms with Gasteiger partial charge in [-0.05, 0) is 38.0 Å². The Balaban J connectivity index is 1.90. The molecule has 0 atom stereocenters. The predicted octanol–water partition coefficient (Wildman–Crippen LogP) is 1.89. The fourth-order valence-electron chi connectivity index (χ4n) is 2.98. The van der Waals surface area contributed by atoms with E-state index >= 15 is 0 Å². The zero-order chi connectivity index (χ0) is 19.3. The van der Waals surface area contributed by atoms with Crippen LogP contribution >= 0.6 is 0 Å². The Kier molecular flexibility index (Phi) is 4.18. The van der Waals surface area contributed by atoms with E-state index in [0.717, 1.165) is 16.7 Å². The summed E-state index contributed by atoms with van der Waals surface area (Å²) in [6.45, 7) is 1.69. The summed E-state index contributed by atoms with van der Waals surface area (Å²) in [5.41, 5.74) is -2.36. The van der Waals surface area contributed by atoms with Crippen LogP contribution < -0.4 is 10.9 Å². The van der Waals surface area contributed by atoms with Crippen molar-refractivity contribution < 1.29 is 23.4 Å². The summed E-state index contributed by atoms with van der Waals surface area (Å²) in [5.74, 6) is -0.740. The predicted molar refractivity (Wildman–Crippen MR) is 86.6 cm³/mol. The Bertz CT molecular complexity index is 901. The third-order valence-corrected chi connectivity index (χ3v) is 4.35. The molecular weight excluding hydrogens is 353 g/mol. The molecule has 0 aliphatic heterocycles. The van der Waals surface area contributed by atoms with Crippen LogP contribution in [0.5, 0.6) is 5.75 Å². The number of alkyl halides is 3. The molecule has 0 bridgehead atoms. The molecule has 1 fully saturated rings. The zero-order valence-electron chi connectivity index (χ0n) is 14.0. The highest BCUT2D eigenvalue weighted by Gasteiger charge is 2.39. The Morgan fingerprint density at radius 1 is 1.31 bits per heavy atom. The second kappa shape index (κ2) is 5.97. The van der Waals surface area contributed by atoms with Crippen molar-refractivity contribution in [3.8, 4) is 17.1 Å². The number of nitrogens with one attached hydrogen (secondary N) is 1. The number of nitrogens with zero attached hydrogens (tertiary/aromatic N) is 3. The van der Waals surface area contributed by atoms with Crippen molar-refractivity contribution in [1.82, 2.24) is 14.8 Å². The van der Waals surface area contributed by atoms with Crippen molar-refractivity contribution in [3.63, 3.8) is 0 Å². The van der Waals surface area contributed by atoms with Crippen molar-refractivity contribution in [2.75, 3.05) is 5.32 Å². The molecule has 10 heteroatoms. The quantitative estimate of drug-likeness (QED) is 0.763. The minimum atomic E-state index is -4.59. The molecule has 140 valence electrons. The third kappa shape index (κ3) is 3.36. The molecule has 2 aromatic rings. The van der Waals surface area contributed by atoms with Crippen LogP contribution in [-0.4, -0.2) is 36.6 Å². The Labute approximate surface area is 146 Å². The molecule has 3 N–H and O–H groups in total. The molecule has 3 rings (SSSR count). The van der Waals surface area contributed by atoms with E-state index in [0.29, 0.717) is 18.9 Å². The number of aromatic hydroxyl groups is 1. The molecule has 7 nitrogen and oxygen atoms in total. The average Bonchev–Trinajstić information content (AvgIpc) is 2.50. The lowest BCUT2D eigenvalue weighted by Crippen LogP contribution is -2.49. The summed E-state index contributed by atoms with van der Waals surface area (Å²) < 4.78 is 39.2. The highest BCUT2D eigenvalue weighted by molar-refractivity contribution is 5.65. The van der Waals surface area contributed by atoms with Gasteiger partial charge in [-0.15, -0.1) is 10.2 Å². The number of hydrogen-bond acceptors (Lipinski definition) is 6. The maximum Gasteiger partial charge on any atom is 0.416 e. The van der Waals surface area contributed by atoms with Crippen LogP contribution in [0.25, 0.3) is 11.4 Å². The number of hydrogen-bond donors (Lipinski definition) is 3. The zero-order valence-corrected chi connectivity index (χ0v) is 14.0. The second-order valence-electron chi connectivity index (χ2n) is 6.71. The maximum atomic E-state index is 12.7. The number of phenolic OH excluding ortho intramolecular Hbond substituents is 1. The smallest absolute Gasteiger partial charge is 0.416 e. The van der Waals surface area contributed by atoms with Gasteiger partial charge < -0.3 is 15.5 Å². The van der Waals surface area contributed by atoms with Crippen molar-refractivity contribution in [2.45, 2.75) is 37.6 Å². The third-order valence-electron chi connectivity index (χ3n) is 4.35. The summed E-state index contributed by atoms with van der Waals surface area (Å²) in [7, 11) is 1.38. The van der Waals surface area contributed by atoms with Gasteiger partial charge in [-0.3, -0.25) is 9.36 Å². The lowest BCUT2D eigenvalue weighted by Gasteiger charge is -2.41. The normalized spacial score (nSPS) is 22.8. The minimum Gasteiger partial charge on any atom is -0.507 e. The summed E-state index contributed by atoms with van der Waals surface area (Å²) in [4.78, 5) is 12.4. The molecule has 0 radical (unpaired) electrons. The SMILES string of the molecule is Cn1c(-c2ccc(C(F)(F)F)cc2O)nnc(NC2CC(C)(O)C2)c1=O. The molecule has 1 heterocycles. The first-order chi connectivity index (χ1) is 12.0. The van der Waals surface area contributed by atoms with Gasteiger partial charge in [0.15, 0.2) is 5.82 Å². The molecule has 1 saturated carbocycles. The van der Waals surface area contributed by atoms with Crippen LogP contribution in [0.2, 0.25) is 0 Å². The van der Waals surface area contributed by atoms with Gasteiger partial charge in [0.2, 0.25) is 5.82 Å². The Hall–Kier alpha value is -2.62. The number of rotatable bonds is 3. The molecule has 26 heavy (non-hydrogen) atoms. The van der Waals surface area contributed by atoms with E-state index in [9.17, 15) is 28.2 Å². The number of aliphatic hydroxyl groups is 1. The summed E-state index contributed by atoms with van der Waals surface area (Å²) >= 11 is 0. The largest absolute Gasteiger partial charge is 0.507 e. The van der Waals surface area contributed by atoms with Gasteiger partial charge in [-0.1, -0.05) is 0 Å². The van der Waals surface area contributed by atoms with Crippen LogP contribution in [-0.2, 0) is 13.2 Å². The van der Waals surface area contributed by atoms with Crippen LogP contribution in [0.4, 0.5) is 19.0 Å². The first-order valence-corrected chi connectivity index (χ1v) is 7.81. The lowest BCUT2D eigenvalue weighted by molar-refractivity contribution is -0.137. The van der Waals surface area contributed by atoms with Crippen molar-refractivity contribution >= 4 is 5.82 Å². The van der Waals surface area contributed by atoms with E-state index < -0.39 is 28.6 Å². The first-order valence-electron chi connectivity index (χ1n) is 7.81. The van der Waals surface area contributed by atoms with Crippen LogP contribution in [0.3, 0.4) is 0 Å². The fourth-order valence-corrected chi connectivity index (χ4v) is 2.98. The van der Waals surface area contributed by atoms with E-state index in [4.69, 9.17) is 0 Å². The highest BCUT2D eigenvalue weighted by Crippen LogP contribution is 2.36. The molecule has 0 saturated heterocycles. The summed E-state index contributed by atoms with van der Waals surface area (Å²) in [5, 5.41) is 30.2. The van der Waals surface area contributed by atoms with Gasteiger partial charge in [0.25, 0.3) is 5.56 Å². The second-order valence-corrected chi connectivity index (χ2v) is 6.71. The van der Waals surface area contributed by atoms with Gasteiger partial charge in [0.1, 0.15) is 5.75 Å². The molecule has 0 unspecified atom stereocenters. The van der Waals surface area contributed by atoms with Gasteiger partial charge in [0, 0.05) is 13.1 Å². The topological polar surface area (TPSA) is 100 Å². The molecule has 1 aromatic carbocycles.